The fourth-order valence-corrected chi connectivity index (χ4v) is 5.85. The Hall–Kier alpha value is -3.60. The molecule has 0 radical (unpaired) electrons. The summed E-state index contributed by atoms with van der Waals surface area (Å²) in [7, 11) is 1.24. The molecule has 39 heavy (non-hydrogen) atoms. The molecule has 3 aliphatic rings. The third-order valence-corrected chi connectivity index (χ3v) is 7.84. The number of benzene rings is 1. The molecular weight excluding hydrogens is 515 g/mol. The third kappa shape index (κ3) is 5.19. The highest BCUT2D eigenvalue weighted by atomic mass is 19.3. The van der Waals surface area contributed by atoms with E-state index in [4.69, 9.17) is 14.0 Å². The van der Waals surface area contributed by atoms with Crippen LogP contribution in [-0.4, -0.2) is 49.0 Å². The first-order valence-corrected chi connectivity index (χ1v) is 13.0. The van der Waals surface area contributed by atoms with Crippen LogP contribution in [0.1, 0.15) is 53.3 Å². The van der Waals surface area contributed by atoms with E-state index in [1.165, 1.54) is 19.4 Å². The van der Waals surface area contributed by atoms with E-state index in [1.807, 2.05) is 4.90 Å². The Morgan fingerprint density at radius 1 is 1.18 bits per heavy atom. The van der Waals surface area contributed by atoms with Gasteiger partial charge in [0.1, 0.15) is 17.2 Å². The van der Waals surface area contributed by atoms with Crippen molar-refractivity contribution in [2.24, 2.45) is 11.8 Å². The van der Waals surface area contributed by atoms with Crippen molar-refractivity contribution in [2.45, 2.75) is 50.9 Å². The SMILES string of the molecule is COC(=O)c1cnc(N2CC3CC(OCc4c(-c5ccccc5OC(F)F)noc4C4CC4)CC3C2)c(F)c1. The Bertz CT molecular complexity index is 1350. The molecule has 3 aromatic rings. The number of esters is 1. The Labute approximate surface area is 223 Å². The molecule has 3 heterocycles. The standard InChI is InChI=1S/C28H28F3N3O5/c1-36-27(35)16-10-22(29)26(32-11-16)34-12-17-8-19(9-18(17)13-34)37-14-21-24(33-39-25(21)15-6-7-15)20-4-2-3-5-23(20)38-28(30)31/h2-5,10-11,15,17-19,28H,6-9,12-14H2,1H3. The molecule has 1 aliphatic heterocycles. The zero-order chi connectivity index (χ0) is 27.1. The second-order valence-corrected chi connectivity index (χ2v) is 10.4. The van der Waals surface area contributed by atoms with Crippen LogP contribution in [0.4, 0.5) is 19.0 Å². The fourth-order valence-electron chi connectivity index (χ4n) is 5.85. The zero-order valence-electron chi connectivity index (χ0n) is 21.3. The van der Waals surface area contributed by atoms with Crippen LogP contribution in [0.2, 0.25) is 0 Å². The first kappa shape index (κ1) is 25.7. The number of hydrogen-bond acceptors (Lipinski definition) is 8. The zero-order valence-corrected chi connectivity index (χ0v) is 21.3. The van der Waals surface area contributed by atoms with Gasteiger partial charge in [0.2, 0.25) is 0 Å². The maximum Gasteiger partial charge on any atom is 0.387 e. The van der Waals surface area contributed by atoms with Gasteiger partial charge in [0.25, 0.3) is 0 Å². The highest BCUT2D eigenvalue weighted by Gasteiger charge is 2.43. The van der Waals surface area contributed by atoms with Crippen LogP contribution in [0.5, 0.6) is 5.75 Å². The van der Waals surface area contributed by atoms with E-state index in [0.29, 0.717) is 36.2 Å². The molecule has 2 atom stereocenters. The Balaban J connectivity index is 1.12. The summed E-state index contributed by atoms with van der Waals surface area (Å²) in [6.45, 7) is -1.40. The lowest BCUT2D eigenvalue weighted by Gasteiger charge is -2.21. The van der Waals surface area contributed by atoms with Gasteiger partial charge >= 0.3 is 12.6 Å². The molecule has 2 unspecified atom stereocenters. The van der Waals surface area contributed by atoms with E-state index in [9.17, 15) is 18.0 Å². The number of alkyl halides is 2. The van der Waals surface area contributed by atoms with Crippen LogP contribution in [-0.2, 0) is 16.1 Å². The summed E-state index contributed by atoms with van der Waals surface area (Å²) in [5, 5.41) is 4.23. The van der Waals surface area contributed by atoms with Gasteiger partial charge in [0.15, 0.2) is 11.6 Å². The summed E-state index contributed by atoms with van der Waals surface area (Å²) in [6.07, 6.45) is 4.95. The number of ether oxygens (including phenoxy) is 3. The topological polar surface area (TPSA) is 86.9 Å². The lowest BCUT2D eigenvalue weighted by molar-refractivity contribution is -0.0494. The number of rotatable bonds is 9. The molecular formula is C28H28F3N3O5. The van der Waals surface area contributed by atoms with Crippen LogP contribution in [0.3, 0.4) is 0 Å². The van der Waals surface area contributed by atoms with Crippen molar-refractivity contribution in [3.8, 4) is 17.0 Å². The van der Waals surface area contributed by atoms with E-state index >= 15 is 0 Å². The molecule has 3 fully saturated rings. The fraction of sp³-hybridized carbons (Fsp3) is 0.464. The number of methoxy groups -OCH3 is 1. The van der Waals surface area contributed by atoms with E-state index in [0.717, 1.165) is 43.1 Å². The number of nitrogens with zero attached hydrogens (tertiary/aromatic N) is 3. The molecule has 0 amide bonds. The second kappa shape index (κ2) is 10.5. The molecule has 6 rings (SSSR count). The van der Waals surface area contributed by atoms with Gasteiger partial charge in [-0.15, -0.1) is 0 Å². The number of carbonyl (C=O) groups is 1. The minimum absolute atomic E-state index is 0.00372. The number of hydrogen-bond donors (Lipinski definition) is 0. The van der Waals surface area contributed by atoms with Crippen molar-refractivity contribution in [1.82, 2.24) is 10.1 Å². The molecule has 2 saturated carbocycles. The van der Waals surface area contributed by atoms with Gasteiger partial charge in [-0.1, -0.05) is 17.3 Å². The number of pyridine rings is 1. The Morgan fingerprint density at radius 3 is 2.59 bits per heavy atom. The van der Waals surface area contributed by atoms with Crippen LogP contribution in [0.15, 0.2) is 41.1 Å². The van der Waals surface area contributed by atoms with Crippen LogP contribution < -0.4 is 9.64 Å². The average Bonchev–Trinajstić information content (AvgIpc) is 3.38. The van der Waals surface area contributed by atoms with Gasteiger partial charge < -0.3 is 23.6 Å². The predicted octanol–water partition coefficient (Wildman–Crippen LogP) is 5.57. The normalized spacial score (nSPS) is 22.4. The first-order chi connectivity index (χ1) is 18.9. The second-order valence-electron chi connectivity index (χ2n) is 10.4. The van der Waals surface area contributed by atoms with Gasteiger partial charge in [-0.3, -0.25) is 0 Å². The average molecular weight is 544 g/mol. The number of aromatic nitrogens is 2. The summed E-state index contributed by atoms with van der Waals surface area (Å²) in [5.41, 5.74) is 1.76. The number of anilines is 1. The maximum atomic E-state index is 14.7. The predicted molar refractivity (Wildman–Crippen MR) is 133 cm³/mol. The molecule has 206 valence electrons. The summed E-state index contributed by atoms with van der Waals surface area (Å²) in [6, 6.07) is 7.72. The molecule has 11 heteroatoms. The Morgan fingerprint density at radius 2 is 1.92 bits per heavy atom. The summed E-state index contributed by atoms with van der Waals surface area (Å²) in [5.74, 6) is 0.757. The molecule has 0 spiro atoms. The summed E-state index contributed by atoms with van der Waals surface area (Å²) in [4.78, 5) is 17.8. The molecule has 2 aliphatic carbocycles. The van der Waals surface area contributed by atoms with E-state index < -0.39 is 18.4 Å². The third-order valence-electron chi connectivity index (χ3n) is 7.84. The number of para-hydroxylation sites is 1. The molecule has 0 bridgehead atoms. The van der Waals surface area contributed by atoms with Gasteiger partial charge in [-0.05, 0) is 55.7 Å². The monoisotopic (exact) mass is 543 g/mol. The van der Waals surface area contributed by atoms with Crippen molar-refractivity contribution in [3.63, 3.8) is 0 Å². The molecule has 1 aromatic carbocycles. The van der Waals surface area contributed by atoms with Crippen molar-refractivity contribution in [3.05, 3.63) is 59.2 Å². The van der Waals surface area contributed by atoms with E-state index in [2.05, 4.69) is 14.9 Å². The largest absolute Gasteiger partial charge is 0.465 e. The smallest absolute Gasteiger partial charge is 0.387 e. The highest BCUT2D eigenvalue weighted by molar-refractivity contribution is 5.89. The highest BCUT2D eigenvalue weighted by Crippen LogP contribution is 2.46. The van der Waals surface area contributed by atoms with Crippen molar-refractivity contribution in [1.29, 1.82) is 0 Å². The first-order valence-electron chi connectivity index (χ1n) is 13.0. The van der Waals surface area contributed by atoms with Crippen LogP contribution in [0.25, 0.3) is 11.3 Å². The van der Waals surface area contributed by atoms with E-state index in [1.54, 1.807) is 18.2 Å². The van der Waals surface area contributed by atoms with Crippen LogP contribution >= 0.6 is 0 Å². The molecule has 1 saturated heterocycles. The van der Waals surface area contributed by atoms with Gasteiger partial charge in [-0.25, -0.2) is 14.2 Å². The van der Waals surface area contributed by atoms with Crippen molar-refractivity contribution < 1.29 is 36.7 Å². The van der Waals surface area contributed by atoms with E-state index in [-0.39, 0.29) is 35.8 Å². The molecule has 2 aromatic heterocycles. The number of carbonyl (C=O) groups excluding carboxylic acids is 1. The van der Waals surface area contributed by atoms with Gasteiger partial charge in [-0.2, -0.15) is 8.78 Å². The summed E-state index contributed by atoms with van der Waals surface area (Å²) < 4.78 is 62.1. The maximum absolute atomic E-state index is 14.7. The molecule has 8 nitrogen and oxygen atoms in total. The summed E-state index contributed by atoms with van der Waals surface area (Å²) >= 11 is 0. The minimum atomic E-state index is -2.95. The lowest BCUT2D eigenvalue weighted by Crippen LogP contribution is -2.25. The van der Waals surface area contributed by atoms with Gasteiger partial charge in [0, 0.05) is 36.3 Å². The number of fused-ring (bicyclic) bond motifs is 1. The van der Waals surface area contributed by atoms with Crippen molar-refractivity contribution in [2.75, 3.05) is 25.1 Å². The quantitative estimate of drug-likeness (QED) is 0.324. The Kier molecular flexibility index (Phi) is 6.92. The van der Waals surface area contributed by atoms with Crippen LogP contribution in [0, 0.1) is 17.7 Å². The minimum Gasteiger partial charge on any atom is -0.465 e. The van der Waals surface area contributed by atoms with Crippen molar-refractivity contribution >= 4 is 11.8 Å². The number of halogens is 3. The van der Waals surface area contributed by atoms with Gasteiger partial charge in [0.05, 0.1) is 25.4 Å². The lowest BCUT2D eigenvalue weighted by atomic mass is 10.0. The molecule has 0 N–H and O–H groups in total.